The van der Waals surface area contributed by atoms with Crippen molar-refractivity contribution in [3.8, 4) is 5.88 Å². The Morgan fingerprint density at radius 1 is 1.38 bits per heavy atom. The van der Waals surface area contributed by atoms with Crippen LogP contribution in [0.5, 0.6) is 5.88 Å². The van der Waals surface area contributed by atoms with Gasteiger partial charge in [-0.15, -0.1) is 11.3 Å². The number of rotatable bonds is 11. The molecule has 0 N–H and O–H groups in total. The SMILES string of the molecule is CCOC(=O)CC(Cc1csc(CCCC=O)n1)c1ccc(OC)nc1. The van der Waals surface area contributed by atoms with Gasteiger partial charge in [-0.3, -0.25) is 4.79 Å². The molecule has 140 valence electrons. The molecule has 0 saturated heterocycles. The highest BCUT2D eigenvalue weighted by Crippen LogP contribution is 2.26. The minimum Gasteiger partial charge on any atom is -0.481 e. The second-order valence-corrected chi connectivity index (χ2v) is 6.78. The Balaban J connectivity index is 2.09. The molecule has 26 heavy (non-hydrogen) atoms. The van der Waals surface area contributed by atoms with Gasteiger partial charge in [0, 0.05) is 30.0 Å². The zero-order valence-corrected chi connectivity index (χ0v) is 16.0. The van der Waals surface area contributed by atoms with E-state index in [1.54, 1.807) is 37.6 Å². The minimum atomic E-state index is -0.227. The Kier molecular flexibility index (Phi) is 8.21. The number of pyridine rings is 1. The van der Waals surface area contributed by atoms with Crippen molar-refractivity contribution < 1.29 is 19.1 Å². The van der Waals surface area contributed by atoms with Crippen molar-refractivity contribution in [3.05, 3.63) is 40.0 Å². The van der Waals surface area contributed by atoms with E-state index in [2.05, 4.69) is 9.97 Å². The van der Waals surface area contributed by atoms with Crippen LogP contribution in [0.25, 0.3) is 0 Å². The Morgan fingerprint density at radius 2 is 2.23 bits per heavy atom. The molecular formula is C19H24N2O4S. The zero-order chi connectivity index (χ0) is 18.8. The summed E-state index contributed by atoms with van der Waals surface area (Å²) in [4.78, 5) is 31.3. The van der Waals surface area contributed by atoms with Gasteiger partial charge < -0.3 is 14.3 Å². The van der Waals surface area contributed by atoms with E-state index in [4.69, 9.17) is 9.47 Å². The lowest BCUT2D eigenvalue weighted by Gasteiger charge is -2.15. The Hall–Kier alpha value is -2.28. The standard InChI is InChI=1S/C19H24N2O4S/c1-3-25-19(23)11-15(14-7-8-17(24-2)20-12-14)10-16-13-26-18(21-16)6-4-5-9-22/h7-9,12-13,15H,3-6,10-11H2,1-2H3. The molecule has 1 unspecified atom stereocenters. The van der Waals surface area contributed by atoms with Gasteiger partial charge in [0.05, 0.1) is 30.8 Å². The van der Waals surface area contributed by atoms with Gasteiger partial charge in [0.25, 0.3) is 0 Å². The molecule has 2 heterocycles. The quantitative estimate of drug-likeness (QED) is 0.340. The monoisotopic (exact) mass is 376 g/mol. The first-order valence-electron chi connectivity index (χ1n) is 8.68. The largest absolute Gasteiger partial charge is 0.481 e. The molecule has 0 bridgehead atoms. The molecule has 0 saturated carbocycles. The van der Waals surface area contributed by atoms with E-state index in [9.17, 15) is 9.59 Å². The van der Waals surface area contributed by atoms with Gasteiger partial charge in [0.15, 0.2) is 0 Å². The van der Waals surface area contributed by atoms with E-state index in [0.29, 0.717) is 25.3 Å². The van der Waals surface area contributed by atoms with Crippen LogP contribution < -0.4 is 4.74 Å². The molecule has 1 atom stereocenters. The first-order chi connectivity index (χ1) is 12.7. The predicted octanol–water partition coefficient (Wildman–Crippen LogP) is 3.35. The Bertz CT molecular complexity index is 700. The molecule has 2 aromatic heterocycles. The van der Waals surface area contributed by atoms with Gasteiger partial charge in [-0.05, 0) is 31.7 Å². The molecule has 0 aliphatic carbocycles. The zero-order valence-electron chi connectivity index (χ0n) is 15.1. The third kappa shape index (κ3) is 6.22. The highest BCUT2D eigenvalue weighted by atomic mass is 32.1. The Labute approximate surface area is 157 Å². The van der Waals surface area contributed by atoms with Gasteiger partial charge in [-0.1, -0.05) is 6.07 Å². The molecule has 0 aliphatic heterocycles. The van der Waals surface area contributed by atoms with Gasteiger partial charge in [0.2, 0.25) is 5.88 Å². The van der Waals surface area contributed by atoms with E-state index in [1.165, 1.54) is 0 Å². The number of esters is 1. The predicted molar refractivity (Wildman–Crippen MR) is 99.6 cm³/mol. The summed E-state index contributed by atoms with van der Waals surface area (Å²) in [7, 11) is 1.57. The second-order valence-electron chi connectivity index (χ2n) is 5.84. The van der Waals surface area contributed by atoms with Gasteiger partial charge in [-0.2, -0.15) is 0 Å². The fourth-order valence-corrected chi connectivity index (χ4v) is 3.48. The molecule has 0 radical (unpaired) electrons. The highest BCUT2D eigenvalue weighted by Gasteiger charge is 2.19. The van der Waals surface area contributed by atoms with Crippen molar-refractivity contribution in [1.29, 1.82) is 0 Å². The maximum absolute atomic E-state index is 12.0. The summed E-state index contributed by atoms with van der Waals surface area (Å²) in [6, 6.07) is 3.71. The molecule has 2 rings (SSSR count). The summed E-state index contributed by atoms with van der Waals surface area (Å²) in [6.45, 7) is 2.16. The fourth-order valence-electron chi connectivity index (χ4n) is 2.63. The normalized spacial score (nSPS) is 11.8. The van der Waals surface area contributed by atoms with Gasteiger partial charge >= 0.3 is 5.97 Å². The molecule has 0 fully saturated rings. The van der Waals surface area contributed by atoms with Crippen LogP contribution >= 0.6 is 11.3 Å². The summed E-state index contributed by atoms with van der Waals surface area (Å²) in [5.74, 6) is 0.252. The Morgan fingerprint density at radius 3 is 2.88 bits per heavy atom. The van der Waals surface area contributed by atoms with Crippen LogP contribution in [0.3, 0.4) is 0 Å². The number of aldehydes is 1. The van der Waals surface area contributed by atoms with Gasteiger partial charge in [0.1, 0.15) is 6.29 Å². The van der Waals surface area contributed by atoms with E-state index in [1.807, 2.05) is 11.4 Å². The highest BCUT2D eigenvalue weighted by molar-refractivity contribution is 7.09. The lowest BCUT2D eigenvalue weighted by atomic mass is 9.92. The lowest BCUT2D eigenvalue weighted by Crippen LogP contribution is -2.13. The number of nitrogens with zero attached hydrogens (tertiary/aromatic N) is 2. The van der Waals surface area contributed by atoms with Gasteiger partial charge in [-0.25, -0.2) is 9.97 Å². The molecule has 0 amide bonds. The van der Waals surface area contributed by atoms with E-state index < -0.39 is 0 Å². The molecular weight excluding hydrogens is 352 g/mol. The van der Waals surface area contributed by atoms with E-state index >= 15 is 0 Å². The molecule has 0 spiro atoms. The molecule has 6 nitrogen and oxygen atoms in total. The average Bonchev–Trinajstić information content (AvgIpc) is 3.09. The number of hydrogen-bond acceptors (Lipinski definition) is 7. The topological polar surface area (TPSA) is 78.4 Å². The average molecular weight is 376 g/mol. The summed E-state index contributed by atoms with van der Waals surface area (Å²) < 4.78 is 10.2. The van der Waals surface area contributed by atoms with Crippen LogP contribution in [0.15, 0.2) is 23.7 Å². The van der Waals surface area contributed by atoms with E-state index in [-0.39, 0.29) is 18.3 Å². The number of aryl methyl sites for hydroxylation is 1. The number of hydrogen-bond donors (Lipinski definition) is 0. The number of carbonyl (C=O) groups excluding carboxylic acids is 2. The van der Waals surface area contributed by atoms with Crippen LogP contribution in [-0.2, 0) is 27.2 Å². The maximum atomic E-state index is 12.0. The molecule has 0 aromatic carbocycles. The third-order valence-corrected chi connectivity index (χ3v) is 4.88. The molecule has 0 aliphatic rings. The van der Waals surface area contributed by atoms with Crippen molar-refractivity contribution >= 4 is 23.6 Å². The minimum absolute atomic E-state index is 0.0580. The van der Waals surface area contributed by atoms with Crippen LogP contribution in [0.2, 0.25) is 0 Å². The third-order valence-electron chi connectivity index (χ3n) is 3.93. The number of aromatic nitrogens is 2. The molecule has 7 heteroatoms. The number of unbranched alkanes of at least 4 members (excludes halogenated alkanes) is 1. The maximum Gasteiger partial charge on any atom is 0.306 e. The van der Waals surface area contributed by atoms with Crippen molar-refractivity contribution in [2.24, 2.45) is 0 Å². The van der Waals surface area contributed by atoms with Crippen LogP contribution in [-0.4, -0.2) is 35.9 Å². The van der Waals surface area contributed by atoms with Crippen LogP contribution in [0.4, 0.5) is 0 Å². The summed E-state index contributed by atoms with van der Waals surface area (Å²) in [6.07, 6.45) is 5.75. The first-order valence-corrected chi connectivity index (χ1v) is 9.56. The number of ether oxygens (including phenoxy) is 2. The number of methoxy groups -OCH3 is 1. The number of carbonyl (C=O) groups is 2. The number of thiazole rings is 1. The summed E-state index contributed by atoms with van der Waals surface area (Å²) in [5.41, 5.74) is 1.90. The first kappa shape index (κ1) is 20.0. The fraction of sp³-hybridized carbons (Fsp3) is 0.474. The van der Waals surface area contributed by atoms with Crippen LogP contribution in [0, 0.1) is 0 Å². The van der Waals surface area contributed by atoms with Crippen molar-refractivity contribution in [2.75, 3.05) is 13.7 Å². The van der Waals surface area contributed by atoms with Crippen molar-refractivity contribution in [1.82, 2.24) is 9.97 Å². The van der Waals surface area contributed by atoms with Crippen LogP contribution in [0.1, 0.15) is 48.4 Å². The summed E-state index contributed by atoms with van der Waals surface area (Å²) >= 11 is 1.59. The van der Waals surface area contributed by atoms with E-state index in [0.717, 1.165) is 35.4 Å². The summed E-state index contributed by atoms with van der Waals surface area (Å²) in [5, 5.41) is 3.04. The van der Waals surface area contributed by atoms with Crippen molar-refractivity contribution in [3.63, 3.8) is 0 Å². The molecule has 2 aromatic rings. The smallest absolute Gasteiger partial charge is 0.306 e. The van der Waals surface area contributed by atoms with Crippen molar-refractivity contribution in [2.45, 2.75) is 44.9 Å². The lowest BCUT2D eigenvalue weighted by molar-refractivity contribution is -0.143. The second kappa shape index (κ2) is 10.7.